The van der Waals surface area contributed by atoms with Crippen LogP contribution in [0.4, 0.5) is 13.2 Å². The lowest BCUT2D eigenvalue weighted by Crippen LogP contribution is -2.05. The maximum atomic E-state index is 13.5. The third kappa shape index (κ3) is 2.59. The summed E-state index contributed by atoms with van der Waals surface area (Å²) in [6.45, 7) is 0. The smallest absolute Gasteiger partial charge is 0.196 e. The summed E-state index contributed by atoms with van der Waals surface area (Å²) in [7, 11) is 1.25. The molecule has 0 aliphatic heterocycles. The molecule has 0 aromatic heterocycles. The van der Waals surface area contributed by atoms with Crippen molar-refractivity contribution in [2.45, 2.75) is 0 Å². The van der Waals surface area contributed by atoms with E-state index in [9.17, 15) is 18.0 Å². The zero-order valence-electron chi connectivity index (χ0n) is 9.91. The van der Waals surface area contributed by atoms with Crippen LogP contribution < -0.4 is 4.74 Å². The molecular weight excluding hydrogens is 257 g/mol. The third-order valence-electron chi connectivity index (χ3n) is 2.59. The molecule has 0 atom stereocenters. The second-order valence-corrected chi connectivity index (χ2v) is 3.80. The fraction of sp³-hybridized carbons (Fsp3) is 0.0714. The Kier molecular flexibility index (Phi) is 3.55. The average Bonchev–Trinajstić information content (AvgIpc) is 2.41. The van der Waals surface area contributed by atoms with Gasteiger partial charge in [0.05, 0.1) is 12.7 Å². The van der Waals surface area contributed by atoms with E-state index in [-0.39, 0.29) is 11.3 Å². The molecule has 0 bridgehead atoms. The standard InChI is InChI=1S/C14H9F3O2/c1-19-13-6-8(2-4-12(13)17)14(18)10-7-9(15)3-5-11(10)16/h2-7H,1H3. The molecule has 0 aliphatic rings. The number of halogens is 3. The molecule has 0 saturated carbocycles. The number of ketones is 1. The molecule has 2 rings (SSSR count). The summed E-state index contributed by atoms with van der Waals surface area (Å²) in [4.78, 5) is 12.0. The number of hydrogen-bond donors (Lipinski definition) is 0. The topological polar surface area (TPSA) is 26.3 Å². The van der Waals surface area contributed by atoms with E-state index in [0.29, 0.717) is 0 Å². The molecule has 0 fully saturated rings. The number of methoxy groups -OCH3 is 1. The van der Waals surface area contributed by atoms with Crippen molar-refractivity contribution in [3.05, 3.63) is 65.0 Å². The molecule has 0 radical (unpaired) electrons. The zero-order chi connectivity index (χ0) is 14.0. The van der Waals surface area contributed by atoms with Crippen molar-refractivity contribution < 1.29 is 22.7 Å². The van der Waals surface area contributed by atoms with E-state index >= 15 is 0 Å². The highest BCUT2D eigenvalue weighted by atomic mass is 19.1. The summed E-state index contributed by atoms with van der Waals surface area (Å²) in [5.74, 6) is -3.08. The minimum Gasteiger partial charge on any atom is -0.494 e. The lowest BCUT2D eigenvalue weighted by Gasteiger charge is -2.06. The van der Waals surface area contributed by atoms with Gasteiger partial charge in [0.15, 0.2) is 17.3 Å². The lowest BCUT2D eigenvalue weighted by molar-refractivity contribution is 0.103. The second-order valence-electron chi connectivity index (χ2n) is 3.80. The van der Waals surface area contributed by atoms with E-state index in [1.807, 2.05) is 0 Å². The van der Waals surface area contributed by atoms with Crippen LogP contribution in [0, 0.1) is 17.5 Å². The first-order valence-electron chi connectivity index (χ1n) is 5.36. The summed E-state index contributed by atoms with van der Waals surface area (Å²) in [5, 5.41) is 0. The van der Waals surface area contributed by atoms with E-state index in [1.165, 1.54) is 13.2 Å². The average molecular weight is 266 g/mol. The SMILES string of the molecule is COc1cc(C(=O)c2cc(F)ccc2F)ccc1F. The predicted octanol–water partition coefficient (Wildman–Crippen LogP) is 3.34. The molecule has 0 N–H and O–H groups in total. The first-order chi connectivity index (χ1) is 9.02. The monoisotopic (exact) mass is 266 g/mol. The Bertz CT molecular complexity index is 639. The van der Waals surface area contributed by atoms with Crippen molar-refractivity contribution in [2.75, 3.05) is 7.11 Å². The molecule has 0 saturated heterocycles. The van der Waals surface area contributed by atoms with Crippen molar-refractivity contribution in [1.82, 2.24) is 0 Å². The molecule has 0 aliphatic carbocycles. The van der Waals surface area contributed by atoms with E-state index in [1.54, 1.807) is 0 Å². The summed E-state index contributed by atoms with van der Waals surface area (Å²) in [6.07, 6.45) is 0. The van der Waals surface area contributed by atoms with Gasteiger partial charge >= 0.3 is 0 Å². The van der Waals surface area contributed by atoms with Crippen LogP contribution in [0.15, 0.2) is 36.4 Å². The maximum absolute atomic E-state index is 13.5. The Labute approximate surface area is 107 Å². The van der Waals surface area contributed by atoms with Crippen molar-refractivity contribution in [3.63, 3.8) is 0 Å². The van der Waals surface area contributed by atoms with Crippen LogP contribution in [0.1, 0.15) is 15.9 Å². The molecule has 19 heavy (non-hydrogen) atoms. The summed E-state index contributed by atoms with van der Waals surface area (Å²) >= 11 is 0. The number of benzene rings is 2. The Balaban J connectivity index is 2.47. The summed E-state index contributed by atoms with van der Waals surface area (Å²) < 4.78 is 44.4. The largest absolute Gasteiger partial charge is 0.494 e. The van der Waals surface area contributed by atoms with Gasteiger partial charge in [0, 0.05) is 5.56 Å². The number of carbonyl (C=O) groups excluding carboxylic acids is 1. The van der Waals surface area contributed by atoms with Gasteiger partial charge < -0.3 is 4.74 Å². The lowest BCUT2D eigenvalue weighted by atomic mass is 10.0. The molecule has 0 unspecified atom stereocenters. The minimum absolute atomic E-state index is 0.0164. The first-order valence-corrected chi connectivity index (χ1v) is 5.36. The van der Waals surface area contributed by atoms with Gasteiger partial charge in [-0.2, -0.15) is 0 Å². The van der Waals surface area contributed by atoms with Gasteiger partial charge in [0.25, 0.3) is 0 Å². The van der Waals surface area contributed by atoms with Gasteiger partial charge in [-0.25, -0.2) is 13.2 Å². The second kappa shape index (κ2) is 5.14. The molecule has 2 aromatic carbocycles. The van der Waals surface area contributed by atoms with Crippen LogP contribution >= 0.6 is 0 Å². The fourth-order valence-electron chi connectivity index (χ4n) is 1.63. The van der Waals surface area contributed by atoms with Gasteiger partial charge in [-0.1, -0.05) is 0 Å². The first kappa shape index (κ1) is 13.1. The van der Waals surface area contributed by atoms with E-state index in [0.717, 1.165) is 30.3 Å². The Hall–Kier alpha value is -2.30. The molecule has 0 spiro atoms. The van der Waals surface area contributed by atoms with Gasteiger partial charge in [-0.05, 0) is 36.4 Å². The van der Waals surface area contributed by atoms with Crippen LogP contribution in [-0.2, 0) is 0 Å². The van der Waals surface area contributed by atoms with E-state index in [2.05, 4.69) is 0 Å². The minimum atomic E-state index is -0.838. The van der Waals surface area contributed by atoms with Gasteiger partial charge in [-0.3, -0.25) is 4.79 Å². The Morgan fingerprint density at radius 3 is 2.37 bits per heavy atom. The van der Waals surface area contributed by atoms with Crippen molar-refractivity contribution in [3.8, 4) is 5.75 Å². The highest BCUT2D eigenvalue weighted by Crippen LogP contribution is 2.21. The van der Waals surface area contributed by atoms with Crippen molar-refractivity contribution >= 4 is 5.78 Å². The summed E-state index contributed by atoms with van der Waals surface area (Å²) in [6, 6.07) is 5.93. The Morgan fingerprint density at radius 2 is 1.68 bits per heavy atom. The van der Waals surface area contributed by atoms with Crippen LogP contribution in [-0.4, -0.2) is 12.9 Å². The van der Waals surface area contributed by atoms with Gasteiger partial charge in [-0.15, -0.1) is 0 Å². The summed E-state index contributed by atoms with van der Waals surface area (Å²) in [5.41, 5.74) is -0.392. The fourth-order valence-corrected chi connectivity index (χ4v) is 1.63. The molecule has 5 heteroatoms. The van der Waals surface area contributed by atoms with Crippen molar-refractivity contribution in [2.24, 2.45) is 0 Å². The van der Waals surface area contributed by atoms with Crippen LogP contribution in [0.2, 0.25) is 0 Å². The van der Waals surface area contributed by atoms with Crippen LogP contribution in [0.25, 0.3) is 0 Å². The van der Waals surface area contributed by atoms with Crippen LogP contribution in [0.3, 0.4) is 0 Å². The quantitative estimate of drug-likeness (QED) is 0.796. The Morgan fingerprint density at radius 1 is 1.00 bits per heavy atom. The highest BCUT2D eigenvalue weighted by molar-refractivity contribution is 6.09. The molecule has 2 aromatic rings. The molecule has 0 amide bonds. The normalized spacial score (nSPS) is 10.3. The van der Waals surface area contributed by atoms with Crippen LogP contribution in [0.5, 0.6) is 5.75 Å². The van der Waals surface area contributed by atoms with E-state index < -0.39 is 28.8 Å². The number of ether oxygens (including phenoxy) is 1. The van der Waals surface area contributed by atoms with E-state index in [4.69, 9.17) is 4.74 Å². The highest BCUT2D eigenvalue weighted by Gasteiger charge is 2.16. The number of carbonyl (C=O) groups is 1. The molecule has 2 nitrogen and oxygen atoms in total. The third-order valence-corrected chi connectivity index (χ3v) is 2.59. The predicted molar refractivity (Wildman–Crippen MR) is 62.7 cm³/mol. The maximum Gasteiger partial charge on any atom is 0.196 e. The van der Waals surface area contributed by atoms with Gasteiger partial charge in [0.2, 0.25) is 0 Å². The number of hydrogen-bond acceptors (Lipinski definition) is 2. The number of rotatable bonds is 3. The molecule has 0 heterocycles. The van der Waals surface area contributed by atoms with Crippen molar-refractivity contribution in [1.29, 1.82) is 0 Å². The molecule has 98 valence electrons. The molecular formula is C14H9F3O2. The van der Waals surface area contributed by atoms with Gasteiger partial charge in [0.1, 0.15) is 11.6 Å². The zero-order valence-corrected chi connectivity index (χ0v) is 9.91.